The van der Waals surface area contributed by atoms with Crippen LogP contribution in [-0.4, -0.2) is 41.6 Å². The normalized spacial score (nSPS) is 29.0. The Hall–Kier alpha value is -2.82. The Morgan fingerprint density at radius 1 is 1.06 bits per heavy atom. The second kappa shape index (κ2) is 8.93. The Bertz CT molecular complexity index is 1170. The first-order valence-corrected chi connectivity index (χ1v) is 13.7. The molecule has 1 amide bonds. The third-order valence-corrected chi connectivity index (χ3v) is 10.1. The van der Waals surface area contributed by atoms with Crippen LogP contribution in [-0.2, 0) is 4.79 Å². The number of pyridine rings is 1. The first-order chi connectivity index (χ1) is 17.4. The van der Waals surface area contributed by atoms with Gasteiger partial charge in [-0.2, -0.15) is 0 Å². The van der Waals surface area contributed by atoms with E-state index in [1.807, 2.05) is 36.4 Å². The highest BCUT2D eigenvalue weighted by atomic mass is 16.5. The summed E-state index contributed by atoms with van der Waals surface area (Å²) >= 11 is 0. The molecule has 2 bridgehead atoms. The van der Waals surface area contributed by atoms with Crippen molar-refractivity contribution in [1.82, 2.24) is 9.88 Å². The van der Waals surface area contributed by atoms with Crippen LogP contribution in [0.25, 0.3) is 11.6 Å². The molecule has 3 atom stereocenters. The fraction of sp³-hybridized carbons (Fsp3) is 0.548. The van der Waals surface area contributed by atoms with Crippen LogP contribution in [0.3, 0.4) is 0 Å². The summed E-state index contributed by atoms with van der Waals surface area (Å²) in [6.07, 6.45) is 15.2. The average Bonchev–Trinajstić information content (AvgIpc) is 3.64. The summed E-state index contributed by atoms with van der Waals surface area (Å²) < 4.78 is 11.9. The molecule has 2 unspecified atom stereocenters. The van der Waals surface area contributed by atoms with Crippen LogP contribution in [0.1, 0.15) is 76.3 Å². The second-order valence-corrected chi connectivity index (χ2v) is 11.8. The summed E-state index contributed by atoms with van der Waals surface area (Å²) in [5.74, 6) is 2.36. The zero-order valence-electron chi connectivity index (χ0n) is 21.8. The number of benzene rings is 1. The van der Waals surface area contributed by atoms with Gasteiger partial charge in [0, 0.05) is 30.6 Å². The molecule has 5 nitrogen and oxygen atoms in total. The second-order valence-electron chi connectivity index (χ2n) is 11.8. The van der Waals surface area contributed by atoms with Gasteiger partial charge in [0.25, 0.3) is 5.91 Å². The molecule has 1 aromatic heterocycles. The maximum absolute atomic E-state index is 14.2. The SMILES string of the molecule is COc1ccc(/C=C(/C(=O)N2CC[C@@]34CCC(CC23)C4(C)C)c2ccncc2)cc1OC1CCCC1. The van der Waals surface area contributed by atoms with Gasteiger partial charge >= 0.3 is 0 Å². The number of ether oxygens (including phenoxy) is 2. The van der Waals surface area contributed by atoms with Gasteiger partial charge in [0.05, 0.1) is 13.2 Å². The largest absolute Gasteiger partial charge is 0.493 e. The zero-order valence-corrected chi connectivity index (χ0v) is 21.8. The minimum absolute atomic E-state index is 0.139. The van der Waals surface area contributed by atoms with Crippen molar-refractivity contribution in [1.29, 1.82) is 0 Å². The fourth-order valence-electron chi connectivity index (χ4n) is 7.97. The molecule has 6 rings (SSSR count). The third kappa shape index (κ3) is 3.65. The average molecular weight is 487 g/mol. The summed E-state index contributed by atoms with van der Waals surface area (Å²) in [5.41, 5.74) is 3.18. The number of hydrogen-bond donors (Lipinski definition) is 0. The Labute approximate surface area is 214 Å². The van der Waals surface area contributed by atoms with E-state index in [4.69, 9.17) is 9.47 Å². The summed E-state index contributed by atoms with van der Waals surface area (Å²) in [6, 6.07) is 10.2. The molecule has 36 heavy (non-hydrogen) atoms. The molecule has 1 saturated heterocycles. The van der Waals surface area contributed by atoms with E-state index in [0.717, 1.165) is 66.3 Å². The Kier molecular flexibility index (Phi) is 5.85. The maximum Gasteiger partial charge on any atom is 0.254 e. The molecule has 1 aromatic carbocycles. The van der Waals surface area contributed by atoms with Crippen molar-refractivity contribution < 1.29 is 14.3 Å². The number of fused-ring (bicyclic) bond motifs is 1. The van der Waals surface area contributed by atoms with Crippen LogP contribution in [0.15, 0.2) is 42.7 Å². The van der Waals surface area contributed by atoms with Gasteiger partial charge < -0.3 is 14.4 Å². The molecule has 1 aliphatic heterocycles. The van der Waals surface area contributed by atoms with Crippen molar-refractivity contribution in [3.63, 3.8) is 0 Å². The van der Waals surface area contributed by atoms with Gasteiger partial charge in [-0.05, 0) is 110 Å². The molecule has 2 aromatic rings. The van der Waals surface area contributed by atoms with E-state index in [2.05, 4.69) is 23.7 Å². The molecule has 4 aliphatic rings. The number of rotatable bonds is 6. The van der Waals surface area contributed by atoms with Crippen LogP contribution < -0.4 is 9.47 Å². The van der Waals surface area contributed by atoms with Gasteiger partial charge in [0.1, 0.15) is 0 Å². The van der Waals surface area contributed by atoms with E-state index in [9.17, 15) is 4.79 Å². The predicted octanol–water partition coefficient (Wildman–Crippen LogP) is 6.38. The quantitative estimate of drug-likeness (QED) is 0.445. The zero-order chi connectivity index (χ0) is 24.9. The van der Waals surface area contributed by atoms with Gasteiger partial charge in [-0.25, -0.2) is 0 Å². The molecule has 3 saturated carbocycles. The van der Waals surface area contributed by atoms with Crippen molar-refractivity contribution in [3.8, 4) is 11.5 Å². The van der Waals surface area contributed by atoms with Gasteiger partial charge in [-0.3, -0.25) is 9.78 Å². The lowest BCUT2D eigenvalue weighted by Gasteiger charge is -2.39. The van der Waals surface area contributed by atoms with Gasteiger partial charge in [0.2, 0.25) is 0 Å². The van der Waals surface area contributed by atoms with Gasteiger partial charge in [0.15, 0.2) is 11.5 Å². The van der Waals surface area contributed by atoms with Crippen molar-refractivity contribution >= 4 is 17.6 Å². The molecule has 4 fully saturated rings. The van der Waals surface area contributed by atoms with Crippen molar-refractivity contribution in [2.75, 3.05) is 13.7 Å². The number of amides is 1. The molecule has 190 valence electrons. The lowest BCUT2D eigenvalue weighted by molar-refractivity contribution is -0.126. The number of carbonyl (C=O) groups excluding carboxylic acids is 1. The summed E-state index contributed by atoms with van der Waals surface area (Å²) in [6.45, 7) is 5.74. The summed E-state index contributed by atoms with van der Waals surface area (Å²) in [7, 11) is 1.68. The molecule has 3 aliphatic carbocycles. The smallest absolute Gasteiger partial charge is 0.254 e. The van der Waals surface area contributed by atoms with Crippen molar-refractivity contribution in [3.05, 3.63) is 53.9 Å². The lowest BCUT2D eigenvalue weighted by Crippen LogP contribution is -2.43. The fourth-order valence-corrected chi connectivity index (χ4v) is 7.97. The Balaban J connectivity index is 1.35. The molecule has 1 spiro atoms. The minimum Gasteiger partial charge on any atom is -0.493 e. The van der Waals surface area contributed by atoms with Crippen LogP contribution in [0, 0.1) is 16.7 Å². The molecule has 0 N–H and O–H groups in total. The van der Waals surface area contributed by atoms with Crippen molar-refractivity contribution in [2.45, 2.75) is 77.4 Å². The highest BCUT2D eigenvalue weighted by Crippen LogP contribution is 2.70. The summed E-state index contributed by atoms with van der Waals surface area (Å²) in [4.78, 5) is 20.6. The number of hydrogen-bond acceptors (Lipinski definition) is 4. The van der Waals surface area contributed by atoms with E-state index in [0.29, 0.717) is 11.5 Å². The van der Waals surface area contributed by atoms with Gasteiger partial charge in [-0.1, -0.05) is 19.9 Å². The Morgan fingerprint density at radius 3 is 2.56 bits per heavy atom. The van der Waals surface area contributed by atoms with E-state index in [-0.39, 0.29) is 17.4 Å². The van der Waals surface area contributed by atoms with Crippen LogP contribution in [0.4, 0.5) is 0 Å². The number of methoxy groups -OCH3 is 1. The van der Waals surface area contributed by atoms with E-state index in [1.54, 1.807) is 19.5 Å². The van der Waals surface area contributed by atoms with Crippen LogP contribution in [0.2, 0.25) is 0 Å². The molecular weight excluding hydrogens is 448 g/mol. The number of likely N-dealkylation sites (tertiary alicyclic amines) is 1. The third-order valence-electron chi connectivity index (χ3n) is 10.1. The Morgan fingerprint density at radius 2 is 1.83 bits per heavy atom. The van der Waals surface area contributed by atoms with E-state index in [1.165, 1.54) is 25.7 Å². The highest BCUT2D eigenvalue weighted by molar-refractivity contribution is 6.24. The van der Waals surface area contributed by atoms with E-state index >= 15 is 0 Å². The minimum atomic E-state index is 0.139. The van der Waals surface area contributed by atoms with Crippen LogP contribution >= 0.6 is 0 Å². The van der Waals surface area contributed by atoms with Gasteiger partial charge in [-0.15, -0.1) is 0 Å². The number of carbonyl (C=O) groups is 1. The number of aromatic nitrogens is 1. The number of nitrogens with zero attached hydrogens (tertiary/aromatic N) is 2. The maximum atomic E-state index is 14.2. The molecule has 5 heteroatoms. The standard InChI is InChI=1S/C31H38N2O3/c1-30(2)23-10-13-31(30)14-17-33(28(31)20-23)29(34)25(22-11-15-32-16-12-22)18-21-8-9-26(35-3)27(19-21)36-24-6-4-5-7-24/h8-9,11-12,15-16,18-19,23-24,28H,4-7,10,13-14,17,20H2,1-3H3/b25-18+/t23?,28?,31-/m0/s1. The molecular formula is C31H38N2O3. The molecule has 2 heterocycles. The van der Waals surface area contributed by atoms with Crippen LogP contribution in [0.5, 0.6) is 11.5 Å². The predicted molar refractivity (Wildman–Crippen MR) is 142 cm³/mol. The topological polar surface area (TPSA) is 51.7 Å². The summed E-state index contributed by atoms with van der Waals surface area (Å²) in [5, 5.41) is 0. The van der Waals surface area contributed by atoms with E-state index < -0.39 is 0 Å². The van der Waals surface area contributed by atoms with Crippen molar-refractivity contribution in [2.24, 2.45) is 16.7 Å². The lowest BCUT2D eigenvalue weighted by atomic mass is 9.67. The first-order valence-electron chi connectivity index (χ1n) is 13.7. The highest BCUT2D eigenvalue weighted by Gasteiger charge is 2.67. The first kappa shape index (κ1) is 23.6. The molecule has 0 radical (unpaired) electrons. The monoisotopic (exact) mass is 486 g/mol.